The lowest BCUT2D eigenvalue weighted by atomic mass is 9.90. The fourth-order valence-electron chi connectivity index (χ4n) is 5.53. The maximum Gasteiger partial charge on any atom is 0.0991 e. The molecule has 0 radical (unpaired) electrons. The molecule has 0 aliphatic heterocycles. The van der Waals surface area contributed by atoms with Crippen molar-refractivity contribution in [3.63, 3.8) is 0 Å². The van der Waals surface area contributed by atoms with Crippen molar-refractivity contribution in [3.05, 3.63) is 127 Å². The summed E-state index contributed by atoms with van der Waals surface area (Å²) in [5.41, 5.74) is 6.59. The molecule has 0 N–H and O–H groups in total. The third-order valence-electron chi connectivity index (χ3n) is 7.01. The number of hydrogen-bond donors (Lipinski definition) is 0. The number of fused-ring (bicyclic) bond motifs is 5. The molecule has 162 valence electrons. The number of rotatable bonds is 2. The summed E-state index contributed by atoms with van der Waals surface area (Å²) in [6, 6.07) is 44.8. The van der Waals surface area contributed by atoms with Crippen LogP contribution < -0.4 is 0 Å². The zero-order valence-corrected chi connectivity index (χ0v) is 18.9. The molecule has 0 unspecified atom stereocenters. The Kier molecular flexibility index (Phi) is 4.24. The van der Waals surface area contributed by atoms with E-state index >= 15 is 0 Å². The second-order valence-corrected chi connectivity index (χ2v) is 8.87. The lowest BCUT2D eigenvalue weighted by molar-refractivity contribution is 1.21. The van der Waals surface area contributed by atoms with Crippen molar-refractivity contribution in [3.8, 4) is 22.9 Å². The Balaban J connectivity index is 1.70. The van der Waals surface area contributed by atoms with Crippen LogP contribution in [0, 0.1) is 11.3 Å². The standard InChI is InChI=1S/C33H20N2/c34-21-22-17-19-23(20-18-22)32-26-11-1-3-13-28(26)33(29-14-4-2-12-27(29)32)35-30-15-7-5-9-24(30)25-10-6-8-16-31(25)35/h1-20H. The zero-order valence-electron chi connectivity index (χ0n) is 18.9. The molecule has 7 aromatic rings. The van der Waals surface area contributed by atoms with Crippen LogP contribution in [-0.2, 0) is 0 Å². The van der Waals surface area contributed by atoms with E-state index in [1.165, 1.54) is 54.6 Å². The Hall–Kier alpha value is -4.87. The average Bonchev–Trinajstić information content (AvgIpc) is 3.26. The van der Waals surface area contributed by atoms with Gasteiger partial charge in [0.05, 0.1) is 28.4 Å². The number of nitriles is 1. The normalized spacial score (nSPS) is 11.4. The van der Waals surface area contributed by atoms with E-state index in [1.807, 2.05) is 12.1 Å². The van der Waals surface area contributed by atoms with Crippen LogP contribution in [0.15, 0.2) is 121 Å². The van der Waals surface area contributed by atoms with Crippen LogP contribution in [0.1, 0.15) is 5.56 Å². The Morgan fingerprint density at radius 3 is 1.37 bits per heavy atom. The van der Waals surface area contributed by atoms with E-state index < -0.39 is 0 Å². The van der Waals surface area contributed by atoms with Gasteiger partial charge in [-0.05, 0) is 46.2 Å². The highest BCUT2D eigenvalue weighted by atomic mass is 15.0. The van der Waals surface area contributed by atoms with E-state index in [-0.39, 0.29) is 0 Å². The molecule has 0 aliphatic rings. The van der Waals surface area contributed by atoms with Gasteiger partial charge in [0.25, 0.3) is 0 Å². The summed E-state index contributed by atoms with van der Waals surface area (Å²) in [6.07, 6.45) is 0. The Labute approximate surface area is 202 Å². The van der Waals surface area contributed by atoms with Crippen molar-refractivity contribution in [2.24, 2.45) is 0 Å². The van der Waals surface area contributed by atoms with E-state index in [0.717, 1.165) is 5.56 Å². The molecule has 0 saturated carbocycles. The summed E-state index contributed by atoms with van der Waals surface area (Å²) >= 11 is 0. The van der Waals surface area contributed by atoms with E-state index in [9.17, 15) is 5.26 Å². The molecule has 7 rings (SSSR count). The Morgan fingerprint density at radius 2 is 0.886 bits per heavy atom. The van der Waals surface area contributed by atoms with Crippen LogP contribution in [0.3, 0.4) is 0 Å². The van der Waals surface area contributed by atoms with E-state index in [2.05, 4.69) is 120 Å². The molecule has 2 heteroatoms. The van der Waals surface area contributed by atoms with Crippen LogP contribution >= 0.6 is 0 Å². The fraction of sp³-hybridized carbons (Fsp3) is 0. The molecule has 6 aromatic carbocycles. The smallest absolute Gasteiger partial charge is 0.0991 e. The molecular formula is C33H20N2. The lowest BCUT2D eigenvalue weighted by Crippen LogP contribution is -1.99. The predicted molar refractivity (Wildman–Crippen MR) is 146 cm³/mol. The largest absolute Gasteiger partial charge is 0.308 e. The van der Waals surface area contributed by atoms with E-state index in [4.69, 9.17) is 0 Å². The Morgan fingerprint density at radius 1 is 0.457 bits per heavy atom. The first-order valence-electron chi connectivity index (χ1n) is 11.8. The highest BCUT2D eigenvalue weighted by molar-refractivity contribution is 6.20. The van der Waals surface area contributed by atoms with Gasteiger partial charge >= 0.3 is 0 Å². The number of aromatic nitrogens is 1. The van der Waals surface area contributed by atoms with Gasteiger partial charge in [0, 0.05) is 21.5 Å². The number of para-hydroxylation sites is 2. The first-order valence-corrected chi connectivity index (χ1v) is 11.8. The summed E-state index contributed by atoms with van der Waals surface area (Å²) in [6.45, 7) is 0. The van der Waals surface area contributed by atoms with Crippen LogP contribution in [-0.4, -0.2) is 4.57 Å². The van der Waals surface area contributed by atoms with Crippen molar-refractivity contribution in [1.29, 1.82) is 5.26 Å². The van der Waals surface area contributed by atoms with Gasteiger partial charge < -0.3 is 4.57 Å². The topological polar surface area (TPSA) is 28.7 Å². The summed E-state index contributed by atoms with van der Waals surface area (Å²) in [5, 5.41) is 16.6. The third-order valence-corrected chi connectivity index (χ3v) is 7.01. The Bertz CT molecular complexity index is 1840. The maximum absolute atomic E-state index is 9.30. The minimum Gasteiger partial charge on any atom is -0.308 e. The fourth-order valence-corrected chi connectivity index (χ4v) is 5.53. The molecule has 0 atom stereocenters. The summed E-state index contributed by atoms with van der Waals surface area (Å²) in [7, 11) is 0. The van der Waals surface area contributed by atoms with Crippen LogP contribution in [0.4, 0.5) is 0 Å². The summed E-state index contributed by atoms with van der Waals surface area (Å²) < 4.78 is 2.43. The van der Waals surface area contributed by atoms with Crippen LogP contribution in [0.25, 0.3) is 60.2 Å². The molecular weight excluding hydrogens is 424 g/mol. The van der Waals surface area contributed by atoms with Gasteiger partial charge in [0.1, 0.15) is 0 Å². The van der Waals surface area contributed by atoms with Gasteiger partial charge in [-0.25, -0.2) is 0 Å². The van der Waals surface area contributed by atoms with Crippen LogP contribution in [0.2, 0.25) is 0 Å². The van der Waals surface area contributed by atoms with E-state index in [1.54, 1.807) is 0 Å². The molecule has 1 aromatic heterocycles. The SMILES string of the molecule is N#Cc1ccc(-c2c3ccccc3c(-n3c4ccccc4c4ccccc43)c3ccccc23)cc1. The highest BCUT2D eigenvalue weighted by Crippen LogP contribution is 2.43. The molecule has 0 bridgehead atoms. The molecule has 1 heterocycles. The first kappa shape index (κ1) is 19.6. The predicted octanol–water partition coefficient (Wildman–Crippen LogP) is 8.63. The van der Waals surface area contributed by atoms with Crippen molar-refractivity contribution in [1.82, 2.24) is 4.57 Å². The monoisotopic (exact) mass is 444 g/mol. The number of benzene rings is 6. The van der Waals surface area contributed by atoms with E-state index in [0.29, 0.717) is 5.56 Å². The quantitative estimate of drug-likeness (QED) is 0.245. The summed E-state index contributed by atoms with van der Waals surface area (Å²) in [4.78, 5) is 0. The second kappa shape index (κ2) is 7.58. The van der Waals surface area contributed by atoms with Crippen molar-refractivity contribution in [2.75, 3.05) is 0 Å². The van der Waals surface area contributed by atoms with Crippen molar-refractivity contribution in [2.45, 2.75) is 0 Å². The number of nitrogens with zero attached hydrogens (tertiary/aromatic N) is 2. The maximum atomic E-state index is 9.30. The van der Waals surface area contributed by atoms with Gasteiger partial charge in [-0.15, -0.1) is 0 Å². The molecule has 0 fully saturated rings. The molecule has 0 spiro atoms. The van der Waals surface area contributed by atoms with Crippen molar-refractivity contribution < 1.29 is 0 Å². The third kappa shape index (κ3) is 2.82. The molecule has 0 amide bonds. The van der Waals surface area contributed by atoms with Gasteiger partial charge in [0.2, 0.25) is 0 Å². The highest BCUT2D eigenvalue weighted by Gasteiger charge is 2.19. The number of hydrogen-bond acceptors (Lipinski definition) is 1. The van der Waals surface area contributed by atoms with Gasteiger partial charge in [-0.1, -0.05) is 97.1 Å². The molecule has 0 saturated heterocycles. The van der Waals surface area contributed by atoms with Gasteiger partial charge in [0.15, 0.2) is 0 Å². The minimum absolute atomic E-state index is 0.671. The zero-order chi connectivity index (χ0) is 23.4. The molecule has 0 aliphatic carbocycles. The average molecular weight is 445 g/mol. The minimum atomic E-state index is 0.671. The lowest BCUT2D eigenvalue weighted by Gasteiger charge is -2.19. The van der Waals surface area contributed by atoms with Crippen molar-refractivity contribution >= 4 is 43.4 Å². The first-order chi connectivity index (χ1) is 17.3. The van der Waals surface area contributed by atoms with Gasteiger partial charge in [-0.2, -0.15) is 5.26 Å². The van der Waals surface area contributed by atoms with Crippen LogP contribution in [0.5, 0.6) is 0 Å². The van der Waals surface area contributed by atoms with Gasteiger partial charge in [-0.3, -0.25) is 0 Å². The molecule has 35 heavy (non-hydrogen) atoms. The second-order valence-electron chi connectivity index (χ2n) is 8.87. The molecule has 2 nitrogen and oxygen atoms in total. The summed E-state index contributed by atoms with van der Waals surface area (Å²) in [5.74, 6) is 0.